The van der Waals surface area contributed by atoms with Crippen molar-refractivity contribution in [1.82, 2.24) is 5.43 Å². The molecule has 0 saturated carbocycles. The molecule has 1 aromatic carbocycles. The number of ether oxygens (including phenoxy) is 2. The van der Waals surface area contributed by atoms with Gasteiger partial charge in [0.1, 0.15) is 5.75 Å². The molecule has 1 N–H and O–H groups in total. The molecule has 0 spiro atoms. The summed E-state index contributed by atoms with van der Waals surface area (Å²) in [6, 6.07) is 9.32. The first-order chi connectivity index (χ1) is 13.5. The van der Waals surface area contributed by atoms with Crippen molar-refractivity contribution in [2.45, 2.75) is 0 Å². The van der Waals surface area contributed by atoms with Crippen molar-refractivity contribution in [2.24, 2.45) is 5.10 Å². The van der Waals surface area contributed by atoms with E-state index in [1.165, 1.54) is 6.21 Å². The summed E-state index contributed by atoms with van der Waals surface area (Å²) in [5.41, 5.74) is 3.43. The normalized spacial score (nSPS) is 14.3. The first kappa shape index (κ1) is 20.2. The van der Waals surface area contributed by atoms with Crippen molar-refractivity contribution in [3.8, 4) is 5.75 Å². The van der Waals surface area contributed by atoms with Crippen LogP contribution in [0, 0.1) is 0 Å². The van der Waals surface area contributed by atoms with Crippen LogP contribution in [-0.4, -0.2) is 59.1 Å². The van der Waals surface area contributed by atoms with Crippen molar-refractivity contribution in [2.75, 3.05) is 56.8 Å². The van der Waals surface area contributed by atoms with E-state index >= 15 is 0 Å². The van der Waals surface area contributed by atoms with Crippen LogP contribution >= 0.6 is 15.9 Å². The number of furan rings is 1. The molecule has 9 heteroatoms. The smallest absolute Gasteiger partial charge is 0.277 e. The van der Waals surface area contributed by atoms with Gasteiger partial charge in [0.05, 0.1) is 23.9 Å². The molecular weight excluding hydrogens is 428 g/mol. The maximum atomic E-state index is 11.9. The van der Waals surface area contributed by atoms with Gasteiger partial charge in [-0.15, -0.1) is 0 Å². The van der Waals surface area contributed by atoms with Crippen molar-refractivity contribution < 1.29 is 18.7 Å². The van der Waals surface area contributed by atoms with Crippen LogP contribution in [0.4, 0.5) is 11.6 Å². The van der Waals surface area contributed by atoms with Gasteiger partial charge >= 0.3 is 0 Å². The van der Waals surface area contributed by atoms with Gasteiger partial charge < -0.3 is 23.7 Å². The Kier molecular flexibility index (Phi) is 6.94. The highest BCUT2D eigenvalue weighted by Gasteiger charge is 2.18. The lowest BCUT2D eigenvalue weighted by Crippen LogP contribution is -2.36. The predicted octanol–water partition coefficient (Wildman–Crippen LogP) is 2.47. The van der Waals surface area contributed by atoms with Crippen molar-refractivity contribution in [3.05, 3.63) is 40.6 Å². The van der Waals surface area contributed by atoms with Crippen LogP contribution in [0.5, 0.6) is 5.75 Å². The second-order valence-corrected chi connectivity index (χ2v) is 7.23. The number of anilines is 2. The van der Waals surface area contributed by atoms with Gasteiger partial charge in [-0.3, -0.25) is 4.79 Å². The van der Waals surface area contributed by atoms with Crippen LogP contribution in [0.3, 0.4) is 0 Å². The zero-order valence-corrected chi connectivity index (χ0v) is 17.4. The third-order valence-corrected chi connectivity index (χ3v) is 4.64. The molecule has 0 atom stereocenters. The Balaban J connectivity index is 1.49. The number of hydrogen-bond donors (Lipinski definition) is 1. The van der Waals surface area contributed by atoms with Crippen LogP contribution in [0.2, 0.25) is 0 Å². The van der Waals surface area contributed by atoms with Gasteiger partial charge in [-0.05, 0) is 28.1 Å². The fourth-order valence-corrected chi connectivity index (χ4v) is 3.18. The van der Waals surface area contributed by atoms with Crippen molar-refractivity contribution in [3.63, 3.8) is 0 Å². The number of halogens is 1. The monoisotopic (exact) mass is 450 g/mol. The minimum absolute atomic E-state index is 0.130. The summed E-state index contributed by atoms with van der Waals surface area (Å²) in [6.45, 7) is 2.75. The largest absolute Gasteiger partial charge is 0.484 e. The number of morpholine rings is 1. The summed E-state index contributed by atoms with van der Waals surface area (Å²) in [7, 11) is 3.88. The second-order valence-electron chi connectivity index (χ2n) is 6.37. The number of rotatable bonds is 7. The molecule has 1 aromatic heterocycles. The molecule has 0 aliphatic carbocycles. The molecule has 2 heterocycles. The standard InChI is InChI=1S/C19H23BrN4O4/c1-23(2)14-4-3-5-15(10-14)27-13-18(25)22-21-12-16-11-17(20)19(28-16)24-6-8-26-9-7-24/h3-5,10-12H,6-9,13H2,1-2H3,(H,22,25)/b21-12+. The third-order valence-electron chi connectivity index (χ3n) is 4.07. The van der Waals surface area contributed by atoms with E-state index in [-0.39, 0.29) is 12.5 Å². The van der Waals surface area contributed by atoms with E-state index in [1.54, 1.807) is 6.07 Å². The Morgan fingerprint density at radius 1 is 1.36 bits per heavy atom. The van der Waals surface area contributed by atoms with Gasteiger partial charge in [-0.1, -0.05) is 6.07 Å². The Bertz CT molecular complexity index is 831. The van der Waals surface area contributed by atoms with E-state index in [0.717, 1.165) is 29.1 Å². The molecule has 1 saturated heterocycles. The van der Waals surface area contributed by atoms with Crippen LogP contribution in [0.15, 0.2) is 44.3 Å². The topological polar surface area (TPSA) is 79.5 Å². The first-order valence-corrected chi connectivity index (χ1v) is 9.66. The van der Waals surface area contributed by atoms with Gasteiger partial charge in [0.25, 0.3) is 5.91 Å². The molecule has 0 radical (unpaired) electrons. The number of amides is 1. The molecule has 1 fully saturated rings. The lowest BCUT2D eigenvalue weighted by molar-refractivity contribution is -0.123. The van der Waals surface area contributed by atoms with Crippen LogP contribution in [0.1, 0.15) is 5.76 Å². The minimum atomic E-state index is -0.356. The predicted molar refractivity (Wildman–Crippen MR) is 111 cm³/mol. The van der Waals surface area contributed by atoms with Gasteiger partial charge in [0.15, 0.2) is 12.4 Å². The van der Waals surface area contributed by atoms with Gasteiger partial charge in [0, 0.05) is 45.0 Å². The molecule has 28 heavy (non-hydrogen) atoms. The van der Waals surface area contributed by atoms with Gasteiger partial charge in [-0.25, -0.2) is 5.43 Å². The van der Waals surface area contributed by atoms with E-state index in [1.807, 2.05) is 43.3 Å². The van der Waals surface area contributed by atoms with Crippen molar-refractivity contribution in [1.29, 1.82) is 0 Å². The molecule has 1 aliphatic heterocycles. The molecule has 8 nitrogen and oxygen atoms in total. The third kappa shape index (κ3) is 5.49. The number of hydrazone groups is 1. The Labute approximate surface area is 172 Å². The Morgan fingerprint density at radius 3 is 2.89 bits per heavy atom. The zero-order valence-electron chi connectivity index (χ0n) is 15.9. The number of nitrogens with zero attached hydrogens (tertiary/aromatic N) is 3. The maximum Gasteiger partial charge on any atom is 0.277 e. The summed E-state index contributed by atoms with van der Waals surface area (Å²) >= 11 is 3.49. The fourth-order valence-electron chi connectivity index (χ4n) is 2.62. The molecule has 1 amide bonds. The average molecular weight is 451 g/mol. The first-order valence-electron chi connectivity index (χ1n) is 8.87. The van der Waals surface area contributed by atoms with Crippen LogP contribution in [-0.2, 0) is 9.53 Å². The Morgan fingerprint density at radius 2 is 2.14 bits per heavy atom. The van der Waals surface area contributed by atoms with Gasteiger partial charge in [0.2, 0.25) is 5.88 Å². The maximum absolute atomic E-state index is 11.9. The fraction of sp³-hybridized carbons (Fsp3) is 0.368. The zero-order chi connectivity index (χ0) is 19.9. The van der Waals surface area contributed by atoms with E-state index in [2.05, 4.69) is 31.4 Å². The van der Waals surface area contributed by atoms with Crippen LogP contribution in [0.25, 0.3) is 0 Å². The highest BCUT2D eigenvalue weighted by Crippen LogP contribution is 2.30. The SMILES string of the molecule is CN(C)c1cccc(OCC(=O)N/N=C/c2cc(Br)c(N3CCOCC3)o2)c1. The Hall–Kier alpha value is -2.52. The summed E-state index contributed by atoms with van der Waals surface area (Å²) in [5, 5.41) is 3.93. The number of hydrogen-bond acceptors (Lipinski definition) is 7. The van der Waals surface area contributed by atoms with E-state index in [0.29, 0.717) is 24.7 Å². The second kappa shape index (κ2) is 9.61. The van der Waals surface area contributed by atoms with Crippen molar-refractivity contribution >= 4 is 39.6 Å². The molecule has 2 aromatic rings. The van der Waals surface area contributed by atoms with E-state index in [4.69, 9.17) is 13.9 Å². The minimum Gasteiger partial charge on any atom is -0.484 e. The molecular formula is C19H23BrN4O4. The lowest BCUT2D eigenvalue weighted by Gasteiger charge is -2.26. The summed E-state index contributed by atoms with van der Waals surface area (Å²) in [5.74, 6) is 1.54. The highest BCUT2D eigenvalue weighted by atomic mass is 79.9. The lowest BCUT2D eigenvalue weighted by atomic mass is 10.3. The molecule has 1 aliphatic rings. The number of carbonyl (C=O) groups excluding carboxylic acids is 1. The molecule has 3 rings (SSSR count). The van der Waals surface area contributed by atoms with E-state index < -0.39 is 0 Å². The van der Waals surface area contributed by atoms with Gasteiger partial charge in [-0.2, -0.15) is 5.10 Å². The average Bonchev–Trinajstić information content (AvgIpc) is 3.07. The molecule has 150 valence electrons. The summed E-state index contributed by atoms with van der Waals surface area (Å²) in [4.78, 5) is 16.0. The highest BCUT2D eigenvalue weighted by molar-refractivity contribution is 9.10. The number of benzene rings is 1. The number of carbonyl (C=O) groups is 1. The summed E-state index contributed by atoms with van der Waals surface area (Å²) < 4.78 is 17.5. The van der Waals surface area contributed by atoms with E-state index in [9.17, 15) is 4.79 Å². The quantitative estimate of drug-likeness (QED) is 0.515. The summed E-state index contributed by atoms with van der Waals surface area (Å²) in [6.07, 6.45) is 1.46. The molecule has 0 unspecified atom stereocenters. The molecule has 0 bridgehead atoms. The van der Waals surface area contributed by atoms with Crippen LogP contribution < -0.4 is 20.0 Å². The number of nitrogens with one attached hydrogen (secondary N) is 1.